The molecule has 2 aromatic carbocycles. The summed E-state index contributed by atoms with van der Waals surface area (Å²) < 4.78 is 33.1. The smallest absolute Gasteiger partial charge is 0.411 e. The maximum atomic E-state index is 13.3. The molecule has 2 atom stereocenters. The van der Waals surface area contributed by atoms with E-state index in [9.17, 15) is 18.0 Å². The number of sulfonamides is 1. The second kappa shape index (κ2) is 10.9. The highest BCUT2D eigenvalue weighted by Gasteiger charge is 2.43. The second-order valence-electron chi connectivity index (χ2n) is 9.61. The minimum absolute atomic E-state index is 0.0594. The van der Waals surface area contributed by atoms with Crippen molar-refractivity contribution in [1.29, 1.82) is 0 Å². The Labute approximate surface area is 217 Å². The van der Waals surface area contributed by atoms with Gasteiger partial charge in [0.15, 0.2) is 0 Å². The largest absolute Gasteiger partial charge is 0.438 e. The predicted octanol–water partition coefficient (Wildman–Crippen LogP) is 4.18. The van der Waals surface area contributed by atoms with E-state index in [4.69, 9.17) is 4.74 Å². The molecule has 1 aliphatic heterocycles. The number of carbonyl (C=O) groups is 1. The van der Waals surface area contributed by atoms with Crippen molar-refractivity contribution in [1.82, 2.24) is 14.2 Å². The normalized spacial score (nSPS) is 18.9. The Bertz CT molecular complexity index is 1400. The lowest BCUT2D eigenvalue weighted by Gasteiger charge is -2.43. The van der Waals surface area contributed by atoms with E-state index in [0.29, 0.717) is 25.8 Å². The zero-order valence-electron chi connectivity index (χ0n) is 21.4. The molecule has 0 saturated carbocycles. The highest BCUT2D eigenvalue weighted by Crippen LogP contribution is 2.40. The lowest BCUT2D eigenvalue weighted by atomic mass is 9.84. The van der Waals surface area contributed by atoms with E-state index >= 15 is 0 Å². The number of nitrogens with zero attached hydrogens (tertiary/aromatic N) is 2. The molecule has 196 valence electrons. The van der Waals surface area contributed by atoms with E-state index in [1.807, 2.05) is 61.5 Å². The number of pyridine rings is 1. The predicted molar refractivity (Wildman–Crippen MR) is 144 cm³/mol. The molecule has 37 heavy (non-hydrogen) atoms. The number of cyclic esters (lactones) is 1. The van der Waals surface area contributed by atoms with Gasteiger partial charge in [0.1, 0.15) is 5.60 Å². The van der Waals surface area contributed by atoms with Crippen LogP contribution in [0.5, 0.6) is 0 Å². The van der Waals surface area contributed by atoms with Gasteiger partial charge in [0.05, 0.1) is 12.3 Å². The van der Waals surface area contributed by atoms with Gasteiger partial charge in [0.25, 0.3) is 0 Å². The van der Waals surface area contributed by atoms with Crippen molar-refractivity contribution in [2.24, 2.45) is 7.05 Å². The number of aryl methyl sites for hydroxylation is 1. The maximum absolute atomic E-state index is 13.3. The number of benzene rings is 2. The van der Waals surface area contributed by atoms with Crippen LogP contribution in [0.4, 0.5) is 4.79 Å². The fraction of sp³-hybridized carbons (Fsp3) is 0.357. The van der Waals surface area contributed by atoms with Crippen molar-refractivity contribution in [2.45, 2.75) is 37.8 Å². The van der Waals surface area contributed by atoms with Gasteiger partial charge in [-0.2, -0.15) is 0 Å². The van der Waals surface area contributed by atoms with Gasteiger partial charge in [-0.3, -0.25) is 4.79 Å². The maximum Gasteiger partial charge on any atom is 0.411 e. The van der Waals surface area contributed by atoms with E-state index < -0.39 is 15.6 Å². The fourth-order valence-corrected chi connectivity index (χ4v) is 5.33. The third-order valence-corrected chi connectivity index (χ3v) is 7.70. The van der Waals surface area contributed by atoms with Gasteiger partial charge in [-0.1, -0.05) is 54.6 Å². The number of hydrogen-bond donors (Lipinski definition) is 1. The van der Waals surface area contributed by atoms with Crippen LogP contribution in [0.15, 0.2) is 77.7 Å². The van der Waals surface area contributed by atoms with Gasteiger partial charge in [0, 0.05) is 38.8 Å². The summed E-state index contributed by atoms with van der Waals surface area (Å²) in [7, 11) is -1.55. The lowest BCUT2D eigenvalue weighted by molar-refractivity contribution is -0.0662. The second-order valence-corrected chi connectivity index (χ2v) is 11.4. The van der Waals surface area contributed by atoms with Gasteiger partial charge in [0.2, 0.25) is 15.6 Å². The van der Waals surface area contributed by atoms with Crippen LogP contribution in [-0.4, -0.2) is 43.3 Å². The van der Waals surface area contributed by atoms with Gasteiger partial charge in [-0.25, -0.2) is 17.9 Å². The van der Waals surface area contributed by atoms with Crippen molar-refractivity contribution in [2.75, 3.05) is 19.3 Å². The number of amides is 1. The Kier molecular flexibility index (Phi) is 7.85. The summed E-state index contributed by atoms with van der Waals surface area (Å²) in [6.07, 6.45) is 4.20. The van der Waals surface area contributed by atoms with Gasteiger partial charge < -0.3 is 14.2 Å². The molecule has 2 heterocycles. The summed E-state index contributed by atoms with van der Waals surface area (Å²) in [5.41, 5.74) is 2.96. The summed E-state index contributed by atoms with van der Waals surface area (Å²) in [4.78, 5) is 26.7. The van der Waals surface area contributed by atoms with Crippen molar-refractivity contribution in [3.05, 3.63) is 94.4 Å². The molecule has 1 amide bonds. The van der Waals surface area contributed by atoms with E-state index in [-0.39, 0.29) is 24.2 Å². The molecule has 0 radical (unpaired) electrons. The van der Waals surface area contributed by atoms with Crippen molar-refractivity contribution >= 4 is 16.1 Å². The summed E-state index contributed by atoms with van der Waals surface area (Å²) in [5.74, 6) is 0. The molecule has 1 fully saturated rings. The molecule has 1 aliphatic rings. The molecule has 1 saturated heterocycles. The van der Waals surface area contributed by atoms with Crippen LogP contribution in [0, 0.1) is 0 Å². The highest BCUT2D eigenvalue weighted by molar-refractivity contribution is 7.88. The van der Waals surface area contributed by atoms with E-state index in [2.05, 4.69) is 4.72 Å². The van der Waals surface area contributed by atoms with Crippen LogP contribution in [0.3, 0.4) is 0 Å². The van der Waals surface area contributed by atoms with E-state index in [1.165, 1.54) is 0 Å². The van der Waals surface area contributed by atoms with Crippen LogP contribution < -0.4 is 10.3 Å². The molecule has 8 nitrogen and oxygen atoms in total. The van der Waals surface area contributed by atoms with Crippen molar-refractivity contribution in [3.8, 4) is 11.1 Å². The standard InChI is InChI=1S/C28H33N3O5S/c1-21(22-10-12-23(13-11-22)24-14-15-26(32)30(2)20-24)31-19-17-28(36-27(31)33,25-8-5-4-6-9-25)16-7-18-29-37(3,34)35/h4-6,8-15,20-21,29H,7,16-19H2,1-3H3/t21-,28+/m0/s1. The Morgan fingerprint density at radius 1 is 1.00 bits per heavy atom. The van der Waals surface area contributed by atoms with Crippen LogP contribution in [0.1, 0.15) is 43.4 Å². The summed E-state index contributed by atoms with van der Waals surface area (Å²) in [6.45, 7) is 2.78. The zero-order valence-corrected chi connectivity index (χ0v) is 22.2. The Morgan fingerprint density at radius 3 is 2.30 bits per heavy atom. The summed E-state index contributed by atoms with van der Waals surface area (Å²) in [6, 6.07) is 20.8. The molecule has 0 spiro atoms. The highest BCUT2D eigenvalue weighted by atomic mass is 32.2. The molecule has 3 aromatic rings. The van der Waals surface area contributed by atoms with Crippen LogP contribution in [-0.2, 0) is 27.4 Å². The molecular weight excluding hydrogens is 490 g/mol. The van der Waals surface area contributed by atoms with E-state index in [0.717, 1.165) is 28.5 Å². The quantitative estimate of drug-likeness (QED) is 0.425. The summed E-state index contributed by atoms with van der Waals surface area (Å²) in [5, 5.41) is 0. The van der Waals surface area contributed by atoms with Gasteiger partial charge >= 0.3 is 6.09 Å². The van der Waals surface area contributed by atoms with Crippen LogP contribution in [0.25, 0.3) is 11.1 Å². The first-order chi connectivity index (χ1) is 17.6. The number of carbonyl (C=O) groups excluding carboxylic acids is 1. The first-order valence-corrected chi connectivity index (χ1v) is 14.2. The molecular formula is C28H33N3O5S. The average Bonchev–Trinajstić information content (AvgIpc) is 2.88. The molecule has 4 rings (SSSR count). The minimum atomic E-state index is -3.28. The molecule has 1 aromatic heterocycles. The average molecular weight is 524 g/mol. The third kappa shape index (κ3) is 6.29. The number of ether oxygens (including phenoxy) is 1. The third-order valence-electron chi connectivity index (χ3n) is 6.98. The Balaban J connectivity index is 1.48. The monoisotopic (exact) mass is 523 g/mol. The SMILES string of the molecule is C[C@@H](c1ccc(-c2ccc(=O)n(C)c2)cc1)N1CC[C@](CCCNS(C)(=O)=O)(c2ccccc2)OC1=O. The van der Waals surface area contributed by atoms with Crippen molar-refractivity contribution < 1.29 is 17.9 Å². The van der Waals surface area contributed by atoms with Crippen LogP contribution in [0.2, 0.25) is 0 Å². The van der Waals surface area contributed by atoms with Gasteiger partial charge in [-0.15, -0.1) is 0 Å². The zero-order chi connectivity index (χ0) is 26.6. The molecule has 9 heteroatoms. The molecule has 0 unspecified atom stereocenters. The topological polar surface area (TPSA) is 97.7 Å². The van der Waals surface area contributed by atoms with Crippen molar-refractivity contribution in [3.63, 3.8) is 0 Å². The summed E-state index contributed by atoms with van der Waals surface area (Å²) >= 11 is 0. The number of aromatic nitrogens is 1. The fourth-order valence-electron chi connectivity index (χ4n) is 4.82. The molecule has 0 bridgehead atoms. The number of nitrogens with one attached hydrogen (secondary N) is 1. The lowest BCUT2D eigenvalue weighted by Crippen LogP contribution is -2.49. The number of hydrogen-bond acceptors (Lipinski definition) is 5. The minimum Gasteiger partial charge on any atom is -0.438 e. The first-order valence-electron chi connectivity index (χ1n) is 12.3. The van der Waals surface area contributed by atoms with Gasteiger partial charge in [-0.05, 0) is 48.1 Å². The molecule has 1 N–H and O–H groups in total. The van der Waals surface area contributed by atoms with Crippen LogP contribution >= 0.6 is 0 Å². The molecule has 0 aliphatic carbocycles. The Morgan fingerprint density at radius 2 is 1.68 bits per heavy atom. The number of rotatable bonds is 9. The first kappa shape index (κ1) is 26.6. The Hall–Kier alpha value is -3.43. The van der Waals surface area contributed by atoms with E-state index in [1.54, 1.807) is 34.8 Å².